The van der Waals surface area contributed by atoms with Crippen LogP contribution in [-0.2, 0) is 100 Å². The van der Waals surface area contributed by atoms with Gasteiger partial charge in [-0.3, -0.25) is 0 Å². The molecule has 8 aromatic rings. The standard InChI is InChI=1S/C95H126O17/c1-6-11-56-104-87(64-97-55-10-5)66-99-68-89(106-58-13-8-3)69-100-72-91(73-101-70-90(107-59-14-9-4)71-103-75-93(109-61-79-41-25-16-26-42-79)77-112-95(83-49-33-20-34-50-83,84-51-35-21-36-52-84)85-53-37-22-38-54-85)110-63-86(96)62-98-65-88(105-57-12-7-2)67-102-74-92(108-60-78-39-23-15-24-40-78)76-111-94(80-43-27-17-28-44-80,81-45-29-18-30-46-81)82-47-31-19-32-48-82/h10,15-54,86-93,96H,5-9,11-14,55-77H2,1-4H3. The third kappa shape index (κ3) is 32.6. The van der Waals surface area contributed by atoms with Crippen molar-refractivity contribution in [2.75, 3.05) is 139 Å². The Kier molecular flexibility index (Phi) is 44.7. The Morgan fingerprint density at radius 2 is 0.491 bits per heavy atom. The predicted molar refractivity (Wildman–Crippen MR) is 441 cm³/mol. The zero-order valence-corrected chi connectivity index (χ0v) is 66.9. The summed E-state index contributed by atoms with van der Waals surface area (Å²) in [4.78, 5) is 0. The highest BCUT2D eigenvalue weighted by Crippen LogP contribution is 2.42. The molecule has 8 aromatic carbocycles. The SMILES string of the molecule is C=CCOCC(COCC(COCC(COCC(COCC(COC(c1ccccc1)(c1ccccc1)c1ccccc1)OCc1ccccc1)OCCCC)OCC(O)COCC(COCC(COC(c1ccccc1)(c1ccccc1)c1ccccc1)OCc1ccccc1)OCCCC)OCCCC)OCCCC. The van der Waals surface area contributed by atoms with E-state index in [2.05, 4.69) is 119 Å². The minimum Gasteiger partial charge on any atom is -0.388 e. The Bertz CT molecular complexity index is 3360. The van der Waals surface area contributed by atoms with Crippen molar-refractivity contribution < 1.29 is 80.9 Å². The second-order valence-electron chi connectivity index (χ2n) is 28.1. The first-order chi connectivity index (χ1) is 55.3. The van der Waals surface area contributed by atoms with E-state index in [0.717, 1.165) is 95.9 Å². The Balaban J connectivity index is 0.933. The lowest BCUT2D eigenvalue weighted by Gasteiger charge is -2.37. The second kappa shape index (κ2) is 55.3. The summed E-state index contributed by atoms with van der Waals surface area (Å²) in [6.07, 6.45) is 4.94. The van der Waals surface area contributed by atoms with E-state index in [-0.39, 0.29) is 105 Å². The zero-order valence-electron chi connectivity index (χ0n) is 66.9. The molecule has 608 valence electrons. The molecule has 0 heterocycles. The van der Waals surface area contributed by atoms with Gasteiger partial charge in [-0.15, -0.1) is 6.58 Å². The van der Waals surface area contributed by atoms with Gasteiger partial charge in [-0.05, 0) is 70.2 Å². The summed E-state index contributed by atoms with van der Waals surface area (Å²) >= 11 is 0. The van der Waals surface area contributed by atoms with Gasteiger partial charge in [-0.25, -0.2) is 0 Å². The first-order valence-electron chi connectivity index (χ1n) is 40.6. The van der Waals surface area contributed by atoms with Crippen molar-refractivity contribution in [2.24, 2.45) is 0 Å². The molecule has 17 nitrogen and oxygen atoms in total. The monoisotopic (exact) mass is 1540 g/mol. The van der Waals surface area contributed by atoms with Crippen LogP contribution >= 0.6 is 0 Å². The molecule has 0 bridgehead atoms. The molecule has 0 radical (unpaired) electrons. The van der Waals surface area contributed by atoms with Crippen LogP contribution in [0.4, 0.5) is 0 Å². The average Bonchev–Trinajstić information content (AvgIpc) is 0.764. The first kappa shape index (κ1) is 90.4. The van der Waals surface area contributed by atoms with Gasteiger partial charge in [0.2, 0.25) is 0 Å². The molecule has 8 rings (SSSR count). The first-order valence-corrected chi connectivity index (χ1v) is 40.6. The molecule has 0 aromatic heterocycles. The zero-order chi connectivity index (χ0) is 78.5. The maximum absolute atomic E-state index is 11.7. The molecule has 112 heavy (non-hydrogen) atoms. The van der Waals surface area contributed by atoms with E-state index >= 15 is 0 Å². The van der Waals surface area contributed by atoms with E-state index in [4.69, 9.17) is 75.8 Å². The third-order valence-corrected chi connectivity index (χ3v) is 18.8. The number of benzene rings is 8. The van der Waals surface area contributed by atoms with Crippen molar-refractivity contribution in [3.63, 3.8) is 0 Å². The Morgan fingerprint density at radius 1 is 0.268 bits per heavy atom. The van der Waals surface area contributed by atoms with Crippen molar-refractivity contribution in [2.45, 2.75) is 152 Å². The minimum atomic E-state index is -1.02. The van der Waals surface area contributed by atoms with E-state index in [0.29, 0.717) is 59.5 Å². The highest BCUT2D eigenvalue weighted by molar-refractivity contribution is 5.49. The molecule has 1 N–H and O–H groups in total. The molecule has 0 spiro atoms. The molecule has 8 atom stereocenters. The summed E-state index contributed by atoms with van der Waals surface area (Å²) in [5.41, 5.74) is 6.06. The quantitative estimate of drug-likeness (QED) is 0.0217. The van der Waals surface area contributed by atoms with Crippen LogP contribution in [-0.4, -0.2) is 193 Å². The highest BCUT2D eigenvalue weighted by Gasteiger charge is 2.40. The molecule has 0 saturated carbocycles. The van der Waals surface area contributed by atoms with Crippen molar-refractivity contribution in [3.05, 3.63) is 300 Å². The van der Waals surface area contributed by atoms with Crippen molar-refractivity contribution in [1.82, 2.24) is 0 Å². The fourth-order valence-corrected chi connectivity index (χ4v) is 12.7. The lowest BCUT2D eigenvalue weighted by Crippen LogP contribution is -2.38. The Hall–Kier alpha value is -7.18. The summed E-state index contributed by atoms with van der Waals surface area (Å²) in [6.45, 7) is 18.5. The van der Waals surface area contributed by atoms with Crippen LogP contribution in [0.3, 0.4) is 0 Å². The fourth-order valence-electron chi connectivity index (χ4n) is 12.7. The van der Waals surface area contributed by atoms with Crippen LogP contribution in [0.15, 0.2) is 255 Å². The number of aliphatic hydroxyl groups is 1. The number of rotatable bonds is 65. The van der Waals surface area contributed by atoms with E-state index in [9.17, 15) is 5.11 Å². The molecule has 17 heteroatoms. The number of hydrogen-bond donors (Lipinski definition) is 1. The molecule has 0 aliphatic carbocycles. The molecule has 0 aliphatic heterocycles. The second-order valence-corrected chi connectivity index (χ2v) is 28.1. The summed E-state index contributed by atoms with van der Waals surface area (Å²) in [5.74, 6) is 0. The summed E-state index contributed by atoms with van der Waals surface area (Å²) in [6, 6.07) is 82.2. The van der Waals surface area contributed by atoms with Crippen molar-refractivity contribution in [3.8, 4) is 0 Å². The molecule has 0 amide bonds. The van der Waals surface area contributed by atoms with Crippen molar-refractivity contribution >= 4 is 0 Å². The van der Waals surface area contributed by atoms with E-state index in [1.54, 1.807) is 6.08 Å². The van der Waals surface area contributed by atoms with Gasteiger partial charge in [0.1, 0.15) is 60.0 Å². The van der Waals surface area contributed by atoms with Crippen LogP contribution in [0.2, 0.25) is 0 Å². The summed E-state index contributed by atoms with van der Waals surface area (Å²) in [7, 11) is 0. The summed E-state index contributed by atoms with van der Waals surface area (Å²) < 4.78 is 105. The topological polar surface area (TPSA) is 168 Å². The molecular formula is C95H126O17. The van der Waals surface area contributed by atoms with E-state index < -0.39 is 47.8 Å². The van der Waals surface area contributed by atoms with Gasteiger partial charge in [-0.2, -0.15) is 0 Å². The minimum absolute atomic E-state index is 0.0384. The van der Waals surface area contributed by atoms with Gasteiger partial charge in [0.15, 0.2) is 0 Å². The largest absolute Gasteiger partial charge is 0.388 e. The van der Waals surface area contributed by atoms with Gasteiger partial charge in [0, 0.05) is 26.4 Å². The number of hydrogen-bond acceptors (Lipinski definition) is 17. The third-order valence-electron chi connectivity index (χ3n) is 18.8. The molecule has 0 saturated heterocycles. The van der Waals surface area contributed by atoms with Gasteiger partial charge < -0.3 is 80.9 Å². The normalized spacial score (nSPS) is 14.1. The maximum atomic E-state index is 11.7. The van der Waals surface area contributed by atoms with Gasteiger partial charge in [0.05, 0.1) is 126 Å². The van der Waals surface area contributed by atoms with Crippen LogP contribution < -0.4 is 0 Å². The van der Waals surface area contributed by atoms with Gasteiger partial charge in [-0.1, -0.05) is 302 Å². The van der Waals surface area contributed by atoms with Gasteiger partial charge >= 0.3 is 0 Å². The smallest absolute Gasteiger partial charge is 0.143 e. The Labute approximate surface area is 668 Å². The molecule has 8 unspecified atom stereocenters. The average molecular weight is 1540 g/mol. The maximum Gasteiger partial charge on any atom is 0.143 e. The van der Waals surface area contributed by atoms with Crippen molar-refractivity contribution in [1.29, 1.82) is 0 Å². The fraction of sp³-hybridized carbons (Fsp3) is 0.474. The number of ether oxygens (including phenoxy) is 16. The molecular weight excluding hydrogens is 1410 g/mol. The highest BCUT2D eigenvalue weighted by atomic mass is 16.6. The van der Waals surface area contributed by atoms with E-state index in [1.807, 2.05) is 158 Å². The van der Waals surface area contributed by atoms with Crippen LogP contribution in [0, 0.1) is 0 Å². The summed E-state index contributed by atoms with van der Waals surface area (Å²) in [5, 5.41) is 11.7. The van der Waals surface area contributed by atoms with Crippen LogP contribution in [0.1, 0.15) is 124 Å². The number of unbranched alkanes of at least 4 members (excludes halogenated alkanes) is 4. The molecule has 0 fully saturated rings. The van der Waals surface area contributed by atoms with Crippen LogP contribution in [0.5, 0.6) is 0 Å². The predicted octanol–water partition coefficient (Wildman–Crippen LogP) is 17.0. The number of aliphatic hydroxyl groups excluding tert-OH is 1. The molecule has 0 aliphatic rings. The van der Waals surface area contributed by atoms with E-state index in [1.165, 1.54) is 0 Å². The lowest BCUT2D eigenvalue weighted by atomic mass is 9.80. The Morgan fingerprint density at radius 3 is 0.741 bits per heavy atom. The lowest BCUT2D eigenvalue weighted by molar-refractivity contribution is -0.134. The van der Waals surface area contributed by atoms with Gasteiger partial charge in [0.25, 0.3) is 0 Å². The van der Waals surface area contributed by atoms with Crippen LogP contribution in [0.25, 0.3) is 0 Å².